The number of urea groups is 1. The van der Waals surface area contributed by atoms with Gasteiger partial charge in [0.2, 0.25) is 5.91 Å². The molecule has 1 saturated heterocycles. The first-order valence-electron chi connectivity index (χ1n) is 12.4. The molecule has 1 aliphatic rings. The Morgan fingerprint density at radius 3 is 2.54 bits per heavy atom. The van der Waals surface area contributed by atoms with Crippen LogP contribution in [0.2, 0.25) is 0 Å². The highest BCUT2D eigenvalue weighted by Crippen LogP contribution is 2.33. The van der Waals surface area contributed by atoms with Crippen LogP contribution in [0.4, 0.5) is 16.3 Å². The number of hydrogen-bond acceptors (Lipinski definition) is 6. The van der Waals surface area contributed by atoms with E-state index in [0.29, 0.717) is 17.9 Å². The number of anilines is 2. The fourth-order valence-electron chi connectivity index (χ4n) is 4.82. The van der Waals surface area contributed by atoms with Crippen LogP contribution in [0, 0.1) is 12.8 Å². The Morgan fingerprint density at radius 2 is 1.86 bits per heavy atom. The van der Waals surface area contributed by atoms with Crippen molar-refractivity contribution in [2.75, 3.05) is 17.7 Å². The number of aryl methyl sites for hydroxylation is 1. The van der Waals surface area contributed by atoms with Crippen LogP contribution < -0.4 is 16.0 Å². The average Bonchev–Trinajstić information content (AvgIpc) is 2.90. The standard InChI is InChI=1S/C28H32N6O3/c1-4-7-23(21-9-6-5-8-18(21)2)32-28(37)34-25(27(36)33(3)20-11-13-30-14-12-20)22(26(34)35)16-19-10-15-31-24(29)17-19/h5-6,8-15,17,22-23,25H,4,7,16H2,1-3H3,(H2,29,31)(H,32,37)/t22-,23+,25+/m1/s1. The molecule has 0 radical (unpaired) electrons. The largest absolute Gasteiger partial charge is 0.384 e. The number of benzene rings is 1. The Bertz CT molecular complexity index is 1280. The highest BCUT2D eigenvalue weighted by molar-refractivity contribution is 6.12. The van der Waals surface area contributed by atoms with E-state index in [2.05, 4.69) is 15.3 Å². The molecule has 9 nitrogen and oxygen atoms in total. The second kappa shape index (κ2) is 11.2. The molecule has 9 heteroatoms. The van der Waals surface area contributed by atoms with Gasteiger partial charge in [-0.25, -0.2) is 9.78 Å². The van der Waals surface area contributed by atoms with Gasteiger partial charge in [0.1, 0.15) is 11.9 Å². The molecule has 4 rings (SSSR count). The van der Waals surface area contributed by atoms with Crippen molar-refractivity contribution in [3.63, 3.8) is 0 Å². The van der Waals surface area contributed by atoms with Crippen LogP contribution in [0.3, 0.4) is 0 Å². The van der Waals surface area contributed by atoms with Crippen molar-refractivity contribution in [2.24, 2.45) is 5.92 Å². The Kier molecular flexibility index (Phi) is 7.81. The Hall–Kier alpha value is -4.27. The zero-order valence-corrected chi connectivity index (χ0v) is 21.3. The van der Waals surface area contributed by atoms with Gasteiger partial charge < -0.3 is 16.0 Å². The molecule has 0 spiro atoms. The predicted octanol–water partition coefficient (Wildman–Crippen LogP) is 3.65. The first-order chi connectivity index (χ1) is 17.8. The van der Waals surface area contributed by atoms with Crippen molar-refractivity contribution in [2.45, 2.75) is 45.2 Å². The molecule has 0 unspecified atom stereocenters. The molecule has 192 valence electrons. The summed E-state index contributed by atoms with van der Waals surface area (Å²) in [5, 5.41) is 3.02. The van der Waals surface area contributed by atoms with Gasteiger partial charge in [0.15, 0.2) is 0 Å². The van der Waals surface area contributed by atoms with Crippen LogP contribution >= 0.6 is 0 Å². The molecule has 3 heterocycles. The van der Waals surface area contributed by atoms with Gasteiger partial charge in [-0.1, -0.05) is 37.6 Å². The van der Waals surface area contributed by atoms with Crippen LogP contribution in [0.5, 0.6) is 0 Å². The highest BCUT2D eigenvalue weighted by atomic mass is 16.2. The minimum Gasteiger partial charge on any atom is -0.384 e. The van der Waals surface area contributed by atoms with Crippen LogP contribution in [0.25, 0.3) is 0 Å². The Labute approximate surface area is 216 Å². The van der Waals surface area contributed by atoms with Crippen LogP contribution in [-0.4, -0.2) is 45.8 Å². The van der Waals surface area contributed by atoms with Crippen molar-refractivity contribution < 1.29 is 14.4 Å². The number of carbonyl (C=O) groups is 3. The normalized spacial score (nSPS) is 17.6. The van der Waals surface area contributed by atoms with Crippen LogP contribution in [0.15, 0.2) is 67.1 Å². The summed E-state index contributed by atoms with van der Waals surface area (Å²) in [6, 6.07) is 12.9. The third-order valence-corrected chi connectivity index (χ3v) is 6.81. The lowest BCUT2D eigenvalue weighted by Gasteiger charge is -2.46. The van der Waals surface area contributed by atoms with Gasteiger partial charge >= 0.3 is 6.03 Å². The van der Waals surface area contributed by atoms with Gasteiger partial charge in [-0.2, -0.15) is 0 Å². The number of nitrogens with one attached hydrogen (secondary N) is 1. The maximum Gasteiger partial charge on any atom is 0.325 e. The molecule has 2 aromatic heterocycles. The van der Waals surface area contributed by atoms with E-state index in [1.165, 1.54) is 4.90 Å². The van der Waals surface area contributed by atoms with Gasteiger partial charge in [-0.3, -0.25) is 19.5 Å². The number of rotatable bonds is 8. The topological polar surface area (TPSA) is 122 Å². The van der Waals surface area contributed by atoms with Gasteiger partial charge in [0.25, 0.3) is 5.91 Å². The number of nitrogens with zero attached hydrogens (tertiary/aromatic N) is 4. The zero-order valence-electron chi connectivity index (χ0n) is 21.3. The third-order valence-electron chi connectivity index (χ3n) is 6.81. The zero-order chi connectivity index (χ0) is 26.5. The average molecular weight is 501 g/mol. The molecule has 1 fully saturated rings. The lowest BCUT2D eigenvalue weighted by molar-refractivity contribution is -0.156. The molecule has 3 atom stereocenters. The number of nitrogens with two attached hydrogens (primary N) is 1. The predicted molar refractivity (Wildman–Crippen MR) is 141 cm³/mol. The van der Waals surface area contributed by atoms with E-state index in [1.807, 2.05) is 38.1 Å². The Balaban J connectivity index is 1.61. The second-order valence-corrected chi connectivity index (χ2v) is 9.30. The van der Waals surface area contributed by atoms with Crippen molar-refractivity contribution in [1.29, 1.82) is 0 Å². The van der Waals surface area contributed by atoms with E-state index in [-0.39, 0.29) is 18.4 Å². The van der Waals surface area contributed by atoms with Crippen molar-refractivity contribution in [1.82, 2.24) is 20.2 Å². The molecular formula is C28H32N6O3. The maximum absolute atomic E-state index is 13.7. The molecule has 0 saturated carbocycles. The number of pyridine rings is 2. The summed E-state index contributed by atoms with van der Waals surface area (Å²) < 4.78 is 0. The maximum atomic E-state index is 13.7. The van der Waals surface area contributed by atoms with Gasteiger partial charge in [0, 0.05) is 31.3 Å². The quantitative estimate of drug-likeness (QED) is 0.456. The number of likely N-dealkylation sites (tertiary alicyclic amines) is 1. The molecule has 3 N–H and O–H groups in total. The van der Waals surface area contributed by atoms with Crippen molar-refractivity contribution in [3.05, 3.63) is 83.8 Å². The minimum atomic E-state index is -0.959. The number of nitrogen functional groups attached to an aromatic ring is 1. The number of aromatic nitrogens is 2. The van der Waals surface area contributed by atoms with E-state index in [0.717, 1.165) is 28.0 Å². The second-order valence-electron chi connectivity index (χ2n) is 9.30. The third kappa shape index (κ3) is 5.45. The summed E-state index contributed by atoms with van der Waals surface area (Å²) in [5.74, 6) is -1.12. The first-order valence-corrected chi connectivity index (χ1v) is 12.4. The van der Waals surface area contributed by atoms with E-state index < -0.39 is 23.9 Å². The number of amides is 4. The molecule has 1 aromatic carbocycles. The fraction of sp³-hybridized carbons (Fsp3) is 0.321. The summed E-state index contributed by atoms with van der Waals surface area (Å²) in [4.78, 5) is 51.1. The highest BCUT2D eigenvalue weighted by Gasteiger charge is 2.55. The molecule has 1 aliphatic heterocycles. The van der Waals surface area contributed by atoms with Crippen LogP contribution in [0.1, 0.15) is 42.5 Å². The fourth-order valence-corrected chi connectivity index (χ4v) is 4.82. The summed E-state index contributed by atoms with van der Waals surface area (Å²) in [6.07, 6.45) is 6.55. The van der Waals surface area contributed by atoms with Gasteiger partial charge in [0.05, 0.1) is 12.0 Å². The number of carbonyl (C=O) groups excluding carboxylic acids is 3. The lowest BCUT2D eigenvalue weighted by atomic mass is 9.81. The van der Waals surface area contributed by atoms with E-state index in [1.54, 1.807) is 49.9 Å². The molecule has 4 amide bonds. The SMILES string of the molecule is CCC[C@H](NC(=O)N1C(=O)[C@H](Cc2ccnc(N)c2)[C@H]1C(=O)N(C)c1ccncc1)c1ccccc1C. The molecule has 3 aromatic rings. The smallest absolute Gasteiger partial charge is 0.325 e. The lowest BCUT2D eigenvalue weighted by Crippen LogP contribution is -2.70. The van der Waals surface area contributed by atoms with E-state index in [9.17, 15) is 14.4 Å². The molecule has 0 aliphatic carbocycles. The summed E-state index contributed by atoms with van der Waals surface area (Å²) >= 11 is 0. The molecular weight excluding hydrogens is 468 g/mol. The number of imide groups is 1. The summed E-state index contributed by atoms with van der Waals surface area (Å²) in [6.45, 7) is 4.03. The first kappa shape index (κ1) is 25.8. The van der Waals surface area contributed by atoms with Gasteiger partial charge in [-0.15, -0.1) is 0 Å². The van der Waals surface area contributed by atoms with E-state index in [4.69, 9.17) is 5.73 Å². The Morgan fingerprint density at radius 1 is 1.14 bits per heavy atom. The summed E-state index contributed by atoms with van der Waals surface area (Å²) in [7, 11) is 1.63. The number of likely N-dealkylation sites (N-methyl/N-ethyl adjacent to an activating group) is 1. The van der Waals surface area contributed by atoms with E-state index >= 15 is 0 Å². The summed E-state index contributed by atoms with van der Waals surface area (Å²) in [5.41, 5.74) is 9.26. The minimum absolute atomic E-state index is 0.270. The van der Waals surface area contributed by atoms with Crippen molar-refractivity contribution >= 4 is 29.4 Å². The molecule has 0 bridgehead atoms. The number of hydrogen-bond donors (Lipinski definition) is 2. The monoisotopic (exact) mass is 500 g/mol. The van der Waals surface area contributed by atoms with Gasteiger partial charge in [-0.05, 0) is 60.7 Å². The van der Waals surface area contributed by atoms with Crippen molar-refractivity contribution in [3.8, 4) is 0 Å². The molecule has 37 heavy (non-hydrogen) atoms. The number of β-lactam (4-membered cyclic amide) rings is 1. The van der Waals surface area contributed by atoms with Crippen LogP contribution in [-0.2, 0) is 16.0 Å².